The van der Waals surface area contributed by atoms with Crippen LogP contribution in [0.5, 0.6) is 0 Å². The molecule has 1 spiro atoms. The molecule has 5 fully saturated rings. The lowest BCUT2D eigenvalue weighted by Gasteiger charge is -2.61. The van der Waals surface area contributed by atoms with Crippen molar-refractivity contribution in [2.75, 3.05) is 7.11 Å². The molecule has 6 aliphatic carbocycles. The van der Waals surface area contributed by atoms with Gasteiger partial charge in [0, 0.05) is 12.5 Å². The highest BCUT2D eigenvalue weighted by atomic mass is 16.5. The summed E-state index contributed by atoms with van der Waals surface area (Å²) in [4.78, 5) is 0. The van der Waals surface area contributed by atoms with E-state index in [1.54, 1.807) is 5.57 Å². The SMILES string of the molecule is CO[C@@H]1CC2C3CCC([C@H](C)CC4C=C4C)[C@@]3(C)CCC2[C@@]2(C)CCC3CC312. The topological polar surface area (TPSA) is 9.23 Å². The second kappa shape index (κ2) is 5.68. The van der Waals surface area contributed by atoms with Crippen LogP contribution in [0, 0.1) is 57.7 Å². The van der Waals surface area contributed by atoms with Crippen LogP contribution in [0.4, 0.5) is 0 Å². The molecular formula is C27H42O. The molecule has 1 nitrogen and oxygen atoms in total. The predicted octanol–water partition coefficient (Wildman–Crippen LogP) is 6.87. The van der Waals surface area contributed by atoms with Crippen molar-refractivity contribution in [2.45, 2.75) is 91.6 Å². The van der Waals surface area contributed by atoms with Gasteiger partial charge in [-0.25, -0.2) is 0 Å². The number of ether oxygens (including phenoxy) is 1. The van der Waals surface area contributed by atoms with Gasteiger partial charge in [-0.15, -0.1) is 0 Å². The summed E-state index contributed by atoms with van der Waals surface area (Å²) in [5.74, 6) is 6.61. The molecular weight excluding hydrogens is 340 g/mol. The number of methoxy groups -OCH3 is 1. The maximum atomic E-state index is 6.29. The molecule has 1 heteroatoms. The standard InChI is InChI=1S/C27H42O/c1-16-12-18(16)13-17(2)21-6-7-22-20-14-24(28-5)27-15-19(27)8-11-26(27,4)23(20)9-10-25(21,22)3/h12,17-24H,6-11,13-15H2,1-5H3/t17-,18?,19?,20?,21?,22?,23?,24-,25-,26-,27?/m1/s1. The largest absolute Gasteiger partial charge is 0.381 e. The van der Waals surface area contributed by atoms with E-state index in [0.29, 0.717) is 22.3 Å². The van der Waals surface area contributed by atoms with Crippen molar-refractivity contribution in [2.24, 2.45) is 57.7 Å². The van der Waals surface area contributed by atoms with Gasteiger partial charge in [0.2, 0.25) is 0 Å². The molecule has 0 N–H and O–H groups in total. The monoisotopic (exact) mass is 382 g/mol. The smallest absolute Gasteiger partial charge is 0.0638 e. The van der Waals surface area contributed by atoms with Gasteiger partial charge >= 0.3 is 0 Å². The Bertz CT molecular complexity index is 709. The van der Waals surface area contributed by atoms with Crippen molar-refractivity contribution in [1.29, 1.82) is 0 Å². The van der Waals surface area contributed by atoms with Crippen molar-refractivity contribution >= 4 is 0 Å². The Hall–Kier alpha value is -0.300. The second-order valence-corrected chi connectivity index (χ2v) is 12.7. The van der Waals surface area contributed by atoms with E-state index in [1.165, 1.54) is 57.8 Å². The normalized spacial score (nSPS) is 59.6. The van der Waals surface area contributed by atoms with E-state index >= 15 is 0 Å². The molecule has 0 aliphatic heterocycles. The van der Waals surface area contributed by atoms with Gasteiger partial charge in [0.1, 0.15) is 0 Å². The van der Waals surface area contributed by atoms with Gasteiger partial charge in [-0.3, -0.25) is 0 Å². The lowest BCUT2D eigenvalue weighted by atomic mass is 9.45. The fourth-order valence-corrected chi connectivity index (χ4v) is 10.6. The Morgan fingerprint density at radius 2 is 1.89 bits per heavy atom. The average Bonchev–Trinajstić information content (AvgIpc) is 3.49. The highest BCUT2D eigenvalue weighted by Crippen LogP contribution is 2.82. The molecule has 0 bridgehead atoms. The molecule has 0 heterocycles. The molecule has 6 rings (SSSR count). The van der Waals surface area contributed by atoms with E-state index in [-0.39, 0.29) is 0 Å². The lowest BCUT2D eigenvalue weighted by molar-refractivity contribution is -0.161. The van der Waals surface area contributed by atoms with Gasteiger partial charge in [-0.1, -0.05) is 32.4 Å². The van der Waals surface area contributed by atoms with Crippen molar-refractivity contribution in [1.82, 2.24) is 0 Å². The van der Waals surface area contributed by atoms with Gasteiger partial charge < -0.3 is 4.74 Å². The zero-order valence-electron chi connectivity index (χ0n) is 19.0. The molecule has 11 atom stereocenters. The van der Waals surface area contributed by atoms with Crippen LogP contribution >= 0.6 is 0 Å². The van der Waals surface area contributed by atoms with Gasteiger partial charge in [0.15, 0.2) is 0 Å². The van der Waals surface area contributed by atoms with Crippen molar-refractivity contribution in [3.05, 3.63) is 11.6 Å². The number of fused-ring (bicyclic) bond motifs is 4. The summed E-state index contributed by atoms with van der Waals surface area (Å²) < 4.78 is 6.29. The lowest BCUT2D eigenvalue weighted by Crippen LogP contribution is -2.57. The van der Waals surface area contributed by atoms with Crippen LogP contribution in [-0.4, -0.2) is 13.2 Å². The van der Waals surface area contributed by atoms with E-state index in [2.05, 4.69) is 33.8 Å². The summed E-state index contributed by atoms with van der Waals surface area (Å²) in [5.41, 5.74) is 3.42. The zero-order chi connectivity index (χ0) is 19.5. The van der Waals surface area contributed by atoms with E-state index in [4.69, 9.17) is 4.74 Å². The van der Waals surface area contributed by atoms with E-state index in [0.717, 1.165) is 41.4 Å². The number of allylic oxidation sites excluding steroid dienone is 2. The van der Waals surface area contributed by atoms with Gasteiger partial charge in [0.05, 0.1) is 6.10 Å². The van der Waals surface area contributed by atoms with Crippen LogP contribution in [-0.2, 0) is 4.74 Å². The number of rotatable bonds is 4. The first-order valence-corrected chi connectivity index (χ1v) is 12.6. The summed E-state index contributed by atoms with van der Waals surface area (Å²) in [5, 5.41) is 0. The minimum Gasteiger partial charge on any atom is -0.381 e. The Balaban J connectivity index is 1.27. The van der Waals surface area contributed by atoms with E-state index < -0.39 is 0 Å². The van der Waals surface area contributed by atoms with Crippen molar-refractivity contribution < 1.29 is 4.74 Å². The summed E-state index contributed by atoms with van der Waals surface area (Å²) in [6.45, 7) is 10.4. The fraction of sp³-hybridized carbons (Fsp3) is 0.926. The first-order chi connectivity index (χ1) is 13.3. The molecule has 0 aromatic heterocycles. The average molecular weight is 383 g/mol. The quantitative estimate of drug-likeness (QED) is 0.482. The molecule has 5 saturated carbocycles. The van der Waals surface area contributed by atoms with Crippen molar-refractivity contribution in [3.8, 4) is 0 Å². The third kappa shape index (κ3) is 2.09. The molecule has 6 aliphatic rings. The molecule has 0 saturated heterocycles. The Morgan fingerprint density at radius 3 is 2.57 bits per heavy atom. The third-order valence-electron chi connectivity index (χ3n) is 12.2. The fourth-order valence-electron chi connectivity index (χ4n) is 10.6. The highest BCUT2D eigenvalue weighted by molar-refractivity contribution is 5.27. The Kier molecular flexibility index (Phi) is 3.75. The highest BCUT2D eigenvalue weighted by Gasteiger charge is 2.77. The minimum absolute atomic E-state index is 0.559. The summed E-state index contributed by atoms with van der Waals surface area (Å²) >= 11 is 0. The van der Waals surface area contributed by atoms with Gasteiger partial charge in [-0.2, -0.15) is 0 Å². The van der Waals surface area contributed by atoms with E-state index in [1.807, 2.05) is 7.11 Å². The molecule has 0 aromatic rings. The molecule has 0 radical (unpaired) electrons. The van der Waals surface area contributed by atoms with Gasteiger partial charge in [0.25, 0.3) is 0 Å². The molecule has 28 heavy (non-hydrogen) atoms. The number of hydrogen-bond donors (Lipinski definition) is 0. The van der Waals surface area contributed by atoms with Crippen molar-refractivity contribution in [3.63, 3.8) is 0 Å². The second-order valence-electron chi connectivity index (χ2n) is 12.7. The number of hydrogen-bond acceptors (Lipinski definition) is 1. The van der Waals surface area contributed by atoms with Crippen LogP contribution in [0.25, 0.3) is 0 Å². The maximum absolute atomic E-state index is 6.29. The Morgan fingerprint density at radius 1 is 1.11 bits per heavy atom. The van der Waals surface area contributed by atoms with Crippen LogP contribution in [0.15, 0.2) is 11.6 Å². The minimum atomic E-state index is 0.559. The van der Waals surface area contributed by atoms with Gasteiger partial charge in [-0.05, 0) is 117 Å². The first-order valence-electron chi connectivity index (χ1n) is 12.6. The zero-order valence-corrected chi connectivity index (χ0v) is 19.0. The van der Waals surface area contributed by atoms with Crippen LogP contribution in [0.1, 0.15) is 85.5 Å². The molecule has 0 amide bonds. The van der Waals surface area contributed by atoms with Crippen LogP contribution < -0.4 is 0 Å². The van der Waals surface area contributed by atoms with E-state index in [9.17, 15) is 0 Å². The summed E-state index contributed by atoms with van der Waals surface area (Å²) in [6.07, 6.45) is 16.4. The van der Waals surface area contributed by atoms with Crippen LogP contribution in [0.2, 0.25) is 0 Å². The molecule has 7 unspecified atom stereocenters. The molecule has 156 valence electrons. The van der Waals surface area contributed by atoms with Crippen LogP contribution in [0.3, 0.4) is 0 Å². The predicted molar refractivity (Wildman–Crippen MR) is 115 cm³/mol. The first kappa shape index (κ1) is 18.5. The third-order valence-corrected chi connectivity index (χ3v) is 12.2. The Labute approximate surface area is 173 Å². The maximum Gasteiger partial charge on any atom is 0.0638 e. The summed E-state index contributed by atoms with van der Waals surface area (Å²) in [7, 11) is 2.03. The summed E-state index contributed by atoms with van der Waals surface area (Å²) in [6, 6.07) is 0. The molecule has 0 aromatic carbocycles.